The number of phosphoric ester groups is 1. The van der Waals surface area contributed by atoms with Crippen LogP contribution in [0.5, 0.6) is 0 Å². The second-order valence-corrected chi connectivity index (χ2v) is 10.4. The number of H-pyrrole nitrogens is 1. The Morgan fingerprint density at radius 1 is 1.22 bits per heavy atom. The minimum atomic E-state index is -5.70. The van der Waals surface area contributed by atoms with E-state index in [0.717, 1.165) is 0 Å². The first kappa shape index (κ1) is 26.5. The van der Waals surface area contributed by atoms with Crippen molar-refractivity contribution < 1.29 is 61.1 Å². The van der Waals surface area contributed by atoms with E-state index in [1.807, 2.05) is 0 Å². The molecule has 3 unspecified atom stereocenters. The van der Waals surface area contributed by atoms with Crippen molar-refractivity contribution in [1.82, 2.24) is 9.97 Å². The van der Waals surface area contributed by atoms with Crippen LogP contribution in [0.1, 0.15) is 6.42 Å². The highest BCUT2D eigenvalue weighted by Crippen LogP contribution is 2.66. The van der Waals surface area contributed by atoms with E-state index in [2.05, 4.69) is 33.7 Å². The van der Waals surface area contributed by atoms with E-state index in [-0.39, 0.29) is 30.3 Å². The number of carbonyl (C=O) groups is 1. The molecule has 2 heterocycles. The molecule has 2 rings (SSSR count). The summed E-state index contributed by atoms with van der Waals surface area (Å²) in [5.41, 5.74) is 4.32. The van der Waals surface area contributed by atoms with Crippen molar-refractivity contribution in [3.63, 3.8) is 0 Å². The molecule has 32 heavy (non-hydrogen) atoms. The summed E-state index contributed by atoms with van der Waals surface area (Å²) in [4.78, 5) is 63.9. The number of nitrogens with zero attached hydrogens (tertiary/aromatic N) is 1. The van der Waals surface area contributed by atoms with E-state index < -0.39 is 54.1 Å². The van der Waals surface area contributed by atoms with Gasteiger partial charge in [0.1, 0.15) is 18.0 Å². The van der Waals surface area contributed by atoms with E-state index >= 15 is 0 Å². The lowest BCUT2D eigenvalue weighted by molar-refractivity contribution is -0.105. The van der Waals surface area contributed by atoms with Crippen LogP contribution in [0.4, 0.5) is 17.5 Å². The summed E-state index contributed by atoms with van der Waals surface area (Å²) in [6.45, 7) is -0.895. The lowest BCUT2D eigenvalue weighted by Gasteiger charge is -2.19. The number of hydrogen-bond donors (Lipinski definition) is 9. The third-order valence-electron chi connectivity index (χ3n) is 3.48. The number of amides is 1. The van der Waals surface area contributed by atoms with Crippen molar-refractivity contribution in [2.75, 3.05) is 23.0 Å². The molecular weight excluding hydrogens is 507 g/mol. The smallest absolute Gasteiger partial charge is 0.390 e. The van der Waals surface area contributed by atoms with Crippen LogP contribution in [0.2, 0.25) is 0 Å². The molecule has 1 aliphatic rings. The first-order chi connectivity index (χ1) is 14.6. The van der Waals surface area contributed by atoms with Crippen molar-refractivity contribution in [2.45, 2.75) is 24.9 Å². The molecule has 5 atom stereocenters. The molecule has 0 aromatic carbocycles. The highest BCUT2D eigenvalue weighted by molar-refractivity contribution is 7.66. The highest BCUT2D eigenvalue weighted by atomic mass is 31.3. The number of aliphatic hydroxyl groups excluding tert-OH is 1. The quantitative estimate of drug-likeness (QED) is 0.113. The number of nitrogen functional groups attached to an aromatic ring is 1. The molecule has 1 saturated heterocycles. The number of rotatable bonds is 11. The summed E-state index contributed by atoms with van der Waals surface area (Å²) < 4.78 is 50.4. The van der Waals surface area contributed by atoms with E-state index in [1.165, 1.54) is 0 Å². The van der Waals surface area contributed by atoms with Gasteiger partial charge in [-0.3, -0.25) is 19.1 Å². The van der Waals surface area contributed by atoms with Crippen LogP contribution in [0, 0.1) is 0 Å². The average Bonchev–Trinajstić information content (AvgIpc) is 2.92. The molecule has 0 radical (unpaired) electrons. The van der Waals surface area contributed by atoms with Gasteiger partial charge >= 0.3 is 23.5 Å². The number of ether oxygens (including phenoxy) is 1. The second kappa shape index (κ2) is 10.0. The van der Waals surface area contributed by atoms with Crippen LogP contribution in [0.15, 0.2) is 4.79 Å². The van der Waals surface area contributed by atoms with Gasteiger partial charge < -0.3 is 45.8 Å². The molecule has 1 amide bonds. The van der Waals surface area contributed by atoms with Gasteiger partial charge in [-0.15, -0.1) is 0 Å². The Labute approximate surface area is 177 Å². The van der Waals surface area contributed by atoms with Crippen molar-refractivity contribution in [1.29, 1.82) is 0 Å². The van der Waals surface area contributed by atoms with Crippen LogP contribution in [-0.2, 0) is 36.4 Å². The van der Waals surface area contributed by atoms with Gasteiger partial charge in [0.2, 0.25) is 12.4 Å². The fourth-order valence-corrected chi connectivity index (χ4v) is 5.41. The Bertz CT molecular complexity index is 1040. The van der Waals surface area contributed by atoms with Gasteiger partial charge in [-0.05, 0) is 0 Å². The molecule has 19 nitrogen and oxygen atoms in total. The van der Waals surface area contributed by atoms with E-state index in [0.29, 0.717) is 0 Å². The van der Waals surface area contributed by atoms with Crippen LogP contribution in [0.25, 0.3) is 0 Å². The normalized spacial score (nSPS) is 25.0. The zero-order chi connectivity index (χ0) is 24.3. The standard InChI is InChI=1S/C10H18N5O14P3/c11-10-14-8(7(12-3-16)9(18)15-10)13-6-1-4(17)5(27-6)2-26-31(22,23)29-32(24,25)28-30(19,20)21/h3-6,17H,1-2H2,(H,12,16)(H,22,23)(H,24,25)(H2,19,20,21)(H4,11,13,14,15,18)/t4-,5+,6?/m0/s1. The third kappa shape index (κ3) is 8.00. The lowest BCUT2D eigenvalue weighted by Crippen LogP contribution is -2.27. The van der Waals surface area contributed by atoms with Crippen molar-refractivity contribution in [3.05, 3.63) is 10.4 Å². The summed E-state index contributed by atoms with van der Waals surface area (Å²) in [5, 5.41) is 14.7. The van der Waals surface area contributed by atoms with Gasteiger partial charge in [-0.2, -0.15) is 13.6 Å². The number of nitrogens with two attached hydrogens (primary N) is 1. The van der Waals surface area contributed by atoms with Crippen LogP contribution < -0.4 is 21.9 Å². The summed E-state index contributed by atoms with van der Waals surface area (Å²) in [5.74, 6) is -0.527. The number of aliphatic hydroxyl groups is 1. The predicted molar refractivity (Wildman–Crippen MR) is 102 cm³/mol. The number of phosphoric acid groups is 3. The van der Waals surface area contributed by atoms with Crippen LogP contribution >= 0.6 is 23.5 Å². The Morgan fingerprint density at radius 3 is 2.47 bits per heavy atom. The van der Waals surface area contributed by atoms with Crippen LogP contribution in [0.3, 0.4) is 0 Å². The number of hydrogen-bond acceptors (Lipinski definition) is 13. The SMILES string of the molecule is Nc1nc(NC2C[C@H](O)[C@@H](COP(=O)(O)OP(=O)(O)OP(=O)(O)O)O2)c(NC=O)c(=O)[nH]1. The molecule has 1 aliphatic heterocycles. The largest absolute Gasteiger partial charge is 0.490 e. The molecule has 1 fully saturated rings. The summed E-state index contributed by atoms with van der Waals surface area (Å²) in [7, 11) is -16.7. The Balaban J connectivity index is 2.00. The van der Waals surface area contributed by atoms with Gasteiger partial charge in [0, 0.05) is 6.42 Å². The molecule has 22 heteroatoms. The predicted octanol–water partition coefficient (Wildman–Crippen LogP) is -1.85. The molecular formula is C10H18N5O14P3. The van der Waals surface area contributed by atoms with Crippen molar-refractivity contribution in [2.24, 2.45) is 0 Å². The molecule has 0 saturated carbocycles. The average molecular weight is 525 g/mol. The molecule has 1 aromatic rings. The molecule has 10 N–H and O–H groups in total. The maximum Gasteiger partial charge on any atom is 0.490 e. The monoisotopic (exact) mass is 525 g/mol. The number of aromatic amines is 1. The fraction of sp³-hybridized carbons (Fsp3) is 0.500. The minimum Gasteiger partial charge on any atom is -0.390 e. The topological polar surface area (TPSA) is 302 Å². The van der Waals surface area contributed by atoms with Gasteiger partial charge in [-0.1, -0.05) is 0 Å². The molecule has 0 bridgehead atoms. The summed E-state index contributed by atoms with van der Waals surface area (Å²) in [6, 6.07) is 0. The second-order valence-electron chi connectivity index (χ2n) is 5.93. The summed E-state index contributed by atoms with van der Waals surface area (Å²) in [6.07, 6.45) is -3.70. The van der Waals surface area contributed by atoms with Gasteiger partial charge in [-0.25, -0.2) is 13.7 Å². The number of aromatic nitrogens is 2. The lowest BCUT2D eigenvalue weighted by atomic mass is 10.2. The number of nitrogens with one attached hydrogen (secondary N) is 3. The zero-order valence-corrected chi connectivity index (χ0v) is 18.2. The molecule has 1 aromatic heterocycles. The van der Waals surface area contributed by atoms with Gasteiger partial charge in [0.05, 0.1) is 12.7 Å². The van der Waals surface area contributed by atoms with E-state index in [1.54, 1.807) is 0 Å². The highest BCUT2D eigenvalue weighted by Gasteiger charge is 2.42. The first-order valence-corrected chi connectivity index (χ1v) is 12.6. The van der Waals surface area contributed by atoms with E-state index in [9.17, 15) is 33.3 Å². The Hall–Kier alpha value is -1.72. The number of anilines is 3. The zero-order valence-electron chi connectivity index (χ0n) is 15.5. The van der Waals surface area contributed by atoms with Gasteiger partial charge in [0.15, 0.2) is 5.82 Å². The molecule has 182 valence electrons. The van der Waals surface area contributed by atoms with Crippen molar-refractivity contribution >= 4 is 47.3 Å². The Morgan fingerprint density at radius 2 is 1.88 bits per heavy atom. The first-order valence-electron chi connectivity index (χ1n) is 8.09. The third-order valence-corrected chi connectivity index (χ3v) is 7.28. The Kier molecular flexibility index (Phi) is 8.33. The van der Waals surface area contributed by atoms with Crippen molar-refractivity contribution in [3.8, 4) is 0 Å². The summed E-state index contributed by atoms with van der Waals surface area (Å²) >= 11 is 0. The number of carbonyl (C=O) groups excluding carboxylic acids is 1. The molecule has 0 spiro atoms. The van der Waals surface area contributed by atoms with E-state index in [4.69, 9.17) is 25.2 Å². The minimum absolute atomic E-state index is 0.181. The van der Waals surface area contributed by atoms with Crippen LogP contribution in [-0.4, -0.2) is 66.1 Å². The maximum atomic E-state index is 11.8. The van der Waals surface area contributed by atoms with Gasteiger partial charge in [0.25, 0.3) is 5.56 Å². The fourth-order valence-electron chi connectivity index (χ4n) is 2.38. The molecule has 0 aliphatic carbocycles. The maximum absolute atomic E-state index is 11.8.